The molecule has 1 aromatic heterocycles. The van der Waals surface area contributed by atoms with Crippen LogP contribution < -0.4 is 5.32 Å². The van der Waals surface area contributed by atoms with Crippen molar-refractivity contribution in [3.05, 3.63) is 52.3 Å². The predicted octanol–water partition coefficient (Wildman–Crippen LogP) is 3.22. The van der Waals surface area contributed by atoms with Gasteiger partial charge < -0.3 is 5.32 Å². The van der Waals surface area contributed by atoms with Gasteiger partial charge in [-0.3, -0.25) is 4.68 Å². The Labute approximate surface area is 122 Å². The highest BCUT2D eigenvalue weighted by Gasteiger charge is 2.29. The van der Waals surface area contributed by atoms with Crippen LogP contribution in [-0.4, -0.2) is 15.8 Å². The van der Waals surface area contributed by atoms with Gasteiger partial charge in [-0.25, -0.2) is 0 Å². The van der Waals surface area contributed by atoms with Gasteiger partial charge in [0, 0.05) is 30.3 Å². The van der Waals surface area contributed by atoms with Crippen LogP contribution in [0, 0.1) is 0 Å². The first-order chi connectivity index (χ1) is 9.22. The van der Waals surface area contributed by atoms with Gasteiger partial charge in [0.2, 0.25) is 0 Å². The highest BCUT2D eigenvalue weighted by atomic mass is 79.9. The molecular weight excluding hydrogens is 302 g/mol. The maximum atomic E-state index is 4.18. The number of nitrogens with zero attached hydrogens (tertiary/aromatic N) is 2. The Morgan fingerprint density at radius 1 is 1.26 bits per heavy atom. The highest BCUT2D eigenvalue weighted by Crippen LogP contribution is 2.37. The maximum absolute atomic E-state index is 4.18. The molecule has 1 saturated carbocycles. The Balaban J connectivity index is 1.48. The fourth-order valence-corrected chi connectivity index (χ4v) is 2.88. The van der Waals surface area contributed by atoms with Crippen molar-refractivity contribution in [3.8, 4) is 0 Å². The zero-order chi connectivity index (χ0) is 13.2. The van der Waals surface area contributed by atoms with Crippen LogP contribution in [0.25, 0.3) is 0 Å². The predicted molar refractivity (Wildman–Crippen MR) is 80.0 cm³/mol. The summed E-state index contributed by atoms with van der Waals surface area (Å²) in [5, 5.41) is 7.78. The fraction of sp³-hybridized carbons (Fsp3) is 0.400. The van der Waals surface area contributed by atoms with E-state index in [-0.39, 0.29) is 0 Å². The van der Waals surface area contributed by atoms with Gasteiger partial charge in [0.15, 0.2) is 0 Å². The number of rotatable bonds is 4. The largest absolute Gasteiger partial charge is 0.308 e. The van der Waals surface area contributed by atoms with E-state index in [0.29, 0.717) is 6.04 Å². The van der Waals surface area contributed by atoms with E-state index in [1.54, 1.807) is 0 Å². The van der Waals surface area contributed by atoms with E-state index < -0.39 is 0 Å². The highest BCUT2D eigenvalue weighted by molar-refractivity contribution is 9.10. The van der Waals surface area contributed by atoms with Gasteiger partial charge >= 0.3 is 0 Å². The summed E-state index contributed by atoms with van der Waals surface area (Å²) in [5.74, 6) is 0.720. The SMILES string of the molecule is Cn1nccc1CNC1CC(c2ccc(Br)cc2)C1. The van der Waals surface area contributed by atoms with Crippen LogP contribution in [0.5, 0.6) is 0 Å². The molecular formula is C15H18BrN3. The van der Waals surface area contributed by atoms with Crippen molar-refractivity contribution in [1.82, 2.24) is 15.1 Å². The lowest BCUT2D eigenvalue weighted by atomic mass is 9.76. The minimum absolute atomic E-state index is 0.642. The molecule has 1 aromatic carbocycles. The second-order valence-electron chi connectivity index (χ2n) is 5.24. The number of benzene rings is 1. The molecule has 1 heterocycles. The fourth-order valence-electron chi connectivity index (χ4n) is 2.62. The lowest BCUT2D eigenvalue weighted by molar-refractivity contribution is 0.287. The monoisotopic (exact) mass is 319 g/mol. The van der Waals surface area contributed by atoms with Gasteiger partial charge in [0.1, 0.15) is 0 Å². The lowest BCUT2D eigenvalue weighted by Crippen LogP contribution is -2.39. The maximum Gasteiger partial charge on any atom is 0.0518 e. The average molecular weight is 320 g/mol. The zero-order valence-corrected chi connectivity index (χ0v) is 12.6. The van der Waals surface area contributed by atoms with Crippen molar-refractivity contribution >= 4 is 15.9 Å². The molecule has 19 heavy (non-hydrogen) atoms. The molecule has 4 heteroatoms. The molecule has 2 aromatic rings. The number of halogens is 1. The van der Waals surface area contributed by atoms with E-state index in [1.807, 2.05) is 17.9 Å². The molecule has 0 aliphatic heterocycles. The molecule has 1 aliphatic rings. The minimum atomic E-state index is 0.642. The van der Waals surface area contributed by atoms with E-state index in [9.17, 15) is 0 Å². The summed E-state index contributed by atoms with van der Waals surface area (Å²) >= 11 is 3.48. The average Bonchev–Trinajstić information content (AvgIpc) is 2.75. The molecule has 1 aliphatic carbocycles. The van der Waals surface area contributed by atoms with Crippen LogP contribution in [0.4, 0.5) is 0 Å². The van der Waals surface area contributed by atoms with E-state index in [2.05, 4.69) is 56.7 Å². The van der Waals surface area contributed by atoms with Crippen LogP contribution in [0.2, 0.25) is 0 Å². The quantitative estimate of drug-likeness (QED) is 0.937. The van der Waals surface area contributed by atoms with Crippen molar-refractivity contribution < 1.29 is 0 Å². The van der Waals surface area contributed by atoms with Crippen molar-refractivity contribution in [1.29, 1.82) is 0 Å². The van der Waals surface area contributed by atoms with E-state index in [4.69, 9.17) is 0 Å². The molecule has 0 unspecified atom stereocenters. The van der Waals surface area contributed by atoms with Crippen LogP contribution in [0.15, 0.2) is 41.0 Å². The third-order valence-electron chi connectivity index (χ3n) is 3.97. The zero-order valence-electron chi connectivity index (χ0n) is 11.0. The molecule has 3 nitrogen and oxygen atoms in total. The number of aryl methyl sites for hydroxylation is 1. The van der Waals surface area contributed by atoms with Crippen molar-refractivity contribution in [2.45, 2.75) is 31.3 Å². The van der Waals surface area contributed by atoms with Gasteiger partial charge in [0.25, 0.3) is 0 Å². The van der Waals surface area contributed by atoms with Crippen molar-refractivity contribution in [3.63, 3.8) is 0 Å². The molecule has 3 rings (SSSR count). The first-order valence-electron chi connectivity index (χ1n) is 6.68. The molecule has 1 N–H and O–H groups in total. The lowest BCUT2D eigenvalue weighted by Gasteiger charge is -2.36. The van der Waals surface area contributed by atoms with E-state index in [1.165, 1.54) is 24.1 Å². The van der Waals surface area contributed by atoms with Crippen molar-refractivity contribution in [2.75, 3.05) is 0 Å². The van der Waals surface area contributed by atoms with E-state index in [0.717, 1.165) is 16.9 Å². The van der Waals surface area contributed by atoms with Crippen molar-refractivity contribution in [2.24, 2.45) is 7.05 Å². The van der Waals surface area contributed by atoms with Gasteiger partial charge in [-0.1, -0.05) is 28.1 Å². The molecule has 0 saturated heterocycles. The summed E-state index contributed by atoms with van der Waals surface area (Å²) in [5.41, 5.74) is 2.70. The summed E-state index contributed by atoms with van der Waals surface area (Å²) in [6, 6.07) is 11.4. The molecule has 0 spiro atoms. The molecule has 0 bridgehead atoms. The number of nitrogens with one attached hydrogen (secondary N) is 1. The second kappa shape index (κ2) is 5.47. The summed E-state index contributed by atoms with van der Waals surface area (Å²) in [6.07, 6.45) is 4.32. The normalized spacial score (nSPS) is 22.2. The minimum Gasteiger partial charge on any atom is -0.308 e. The van der Waals surface area contributed by atoms with Crippen LogP contribution in [0.3, 0.4) is 0 Å². The number of hydrogen-bond acceptors (Lipinski definition) is 2. The molecule has 0 atom stereocenters. The second-order valence-corrected chi connectivity index (χ2v) is 6.16. The first kappa shape index (κ1) is 12.9. The molecule has 100 valence electrons. The van der Waals surface area contributed by atoms with Gasteiger partial charge in [0.05, 0.1) is 5.69 Å². The van der Waals surface area contributed by atoms with Gasteiger partial charge in [-0.2, -0.15) is 5.10 Å². The van der Waals surface area contributed by atoms with Gasteiger partial charge in [-0.15, -0.1) is 0 Å². The van der Waals surface area contributed by atoms with Crippen LogP contribution >= 0.6 is 15.9 Å². The first-order valence-corrected chi connectivity index (χ1v) is 7.47. The Morgan fingerprint density at radius 3 is 2.63 bits per heavy atom. The third kappa shape index (κ3) is 2.90. The molecule has 1 fully saturated rings. The molecule has 0 radical (unpaired) electrons. The van der Waals surface area contributed by atoms with Gasteiger partial charge in [-0.05, 0) is 42.5 Å². The number of aromatic nitrogens is 2. The summed E-state index contributed by atoms with van der Waals surface area (Å²) < 4.78 is 3.08. The number of hydrogen-bond donors (Lipinski definition) is 1. The Morgan fingerprint density at radius 2 is 2.00 bits per heavy atom. The smallest absolute Gasteiger partial charge is 0.0518 e. The third-order valence-corrected chi connectivity index (χ3v) is 4.50. The Kier molecular flexibility index (Phi) is 3.71. The Bertz CT molecular complexity index is 541. The molecule has 0 amide bonds. The Hall–Kier alpha value is -1.13. The summed E-state index contributed by atoms with van der Waals surface area (Å²) in [4.78, 5) is 0. The van der Waals surface area contributed by atoms with Crippen LogP contribution in [0.1, 0.15) is 30.0 Å². The standard InChI is InChI=1S/C15H18BrN3/c1-19-15(6-7-18-19)10-17-14-8-12(9-14)11-2-4-13(16)5-3-11/h2-7,12,14,17H,8-10H2,1H3. The summed E-state index contributed by atoms with van der Waals surface area (Å²) in [7, 11) is 1.99. The van der Waals surface area contributed by atoms with E-state index >= 15 is 0 Å². The topological polar surface area (TPSA) is 29.9 Å². The van der Waals surface area contributed by atoms with Crippen LogP contribution in [-0.2, 0) is 13.6 Å². The summed E-state index contributed by atoms with van der Waals surface area (Å²) in [6.45, 7) is 0.911.